The molecule has 0 aromatic heterocycles. The molecule has 0 fully saturated rings. The lowest BCUT2D eigenvalue weighted by Gasteiger charge is -2.03. The minimum absolute atomic E-state index is 0.282. The van der Waals surface area contributed by atoms with Crippen LogP contribution >= 0.6 is 11.6 Å². The molecule has 0 atom stereocenters. The van der Waals surface area contributed by atoms with E-state index in [9.17, 15) is 4.39 Å². The normalized spacial score (nSPS) is 10.7. The number of alkyl halides is 1. The largest absolute Gasteiger partial charge is 0.496 e. The number of hydrogen-bond donors (Lipinski definition) is 0. The summed E-state index contributed by atoms with van der Waals surface area (Å²) >= 11 is 5.47. The van der Waals surface area contributed by atoms with E-state index in [0.717, 1.165) is 0 Å². The number of benzene rings is 1. The zero-order valence-corrected chi connectivity index (χ0v) is 8.01. The minimum atomic E-state index is -0.282. The van der Waals surface area contributed by atoms with Crippen LogP contribution in [0.4, 0.5) is 4.39 Å². The first-order valence-corrected chi connectivity index (χ1v) is 4.37. The van der Waals surface area contributed by atoms with Crippen LogP contribution < -0.4 is 4.74 Å². The van der Waals surface area contributed by atoms with Crippen LogP contribution in [0.2, 0.25) is 0 Å². The third-order valence-electron chi connectivity index (χ3n) is 1.58. The van der Waals surface area contributed by atoms with Crippen LogP contribution in [0.15, 0.2) is 24.3 Å². The first-order valence-electron chi connectivity index (χ1n) is 3.84. The van der Waals surface area contributed by atoms with Gasteiger partial charge in [0.25, 0.3) is 0 Å². The Morgan fingerprint density at radius 2 is 2.31 bits per heavy atom. The molecule has 1 rings (SSSR count). The molecule has 3 heteroatoms. The molecule has 0 radical (unpaired) electrons. The number of methoxy groups -OCH3 is 1. The highest BCUT2D eigenvalue weighted by Crippen LogP contribution is 2.20. The van der Waals surface area contributed by atoms with Crippen LogP contribution in [-0.4, -0.2) is 13.0 Å². The van der Waals surface area contributed by atoms with E-state index in [0.29, 0.717) is 17.2 Å². The average Bonchev–Trinajstić information content (AvgIpc) is 2.15. The molecule has 0 aliphatic rings. The second-order valence-corrected chi connectivity index (χ2v) is 2.75. The first-order chi connectivity index (χ1) is 6.27. The van der Waals surface area contributed by atoms with Gasteiger partial charge in [0.2, 0.25) is 0 Å². The van der Waals surface area contributed by atoms with Gasteiger partial charge in [-0.15, -0.1) is 11.6 Å². The van der Waals surface area contributed by atoms with E-state index in [-0.39, 0.29) is 5.82 Å². The Bertz CT molecular complexity index is 310. The van der Waals surface area contributed by atoms with Crippen LogP contribution in [0.1, 0.15) is 5.56 Å². The molecule has 0 amide bonds. The van der Waals surface area contributed by atoms with Gasteiger partial charge in [-0.2, -0.15) is 0 Å². The van der Waals surface area contributed by atoms with Gasteiger partial charge in [0.1, 0.15) is 11.6 Å². The van der Waals surface area contributed by atoms with E-state index in [1.54, 1.807) is 25.3 Å². The third kappa shape index (κ3) is 2.74. The van der Waals surface area contributed by atoms with Crippen LogP contribution in [0.3, 0.4) is 0 Å². The molecule has 0 saturated carbocycles. The predicted octanol–water partition coefficient (Wildman–Crippen LogP) is 3.09. The lowest BCUT2D eigenvalue weighted by atomic mass is 10.2. The molecule has 0 unspecified atom stereocenters. The molecule has 1 aromatic carbocycles. The minimum Gasteiger partial charge on any atom is -0.496 e. The summed E-state index contributed by atoms with van der Waals surface area (Å²) in [5.74, 6) is 0.762. The topological polar surface area (TPSA) is 9.23 Å². The Morgan fingerprint density at radius 1 is 1.54 bits per heavy atom. The van der Waals surface area contributed by atoms with E-state index in [2.05, 4.69) is 0 Å². The van der Waals surface area contributed by atoms with Crippen LogP contribution in [0, 0.1) is 5.82 Å². The van der Waals surface area contributed by atoms with Crippen molar-refractivity contribution in [1.82, 2.24) is 0 Å². The van der Waals surface area contributed by atoms with E-state index in [1.165, 1.54) is 12.1 Å². The maximum atomic E-state index is 12.8. The molecule has 70 valence electrons. The molecule has 0 spiro atoms. The Balaban J connectivity index is 3.01. The molecule has 0 aliphatic carbocycles. The van der Waals surface area contributed by atoms with Crippen molar-refractivity contribution >= 4 is 17.7 Å². The summed E-state index contributed by atoms with van der Waals surface area (Å²) in [6, 6.07) is 4.35. The van der Waals surface area contributed by atoms with Gasteiger partial charge >= 0.3 is 0 Å². The fourth-order valence-electron chi connectivity index (χ4n) is 1.01. The quantitative estimate of drug-likeness (QED) is 0.682. The summed E-state index contributed by atoms with van der Waals surface area (Å²) in [5.41, 5.74) is 0.697. The van der Waals surface area contributed by atoms with Gasteiger partial charge in [0, 0.05) is 11.4 Å². The van der Waals surface area contributed by atoms with E-state index >= 15 is 0 Å². The van der Waals surface area contributed by atoms with Crippen molar-refractivity contribution in [2.75, 3.05) is 13.0 Å². The summed E-state index contributed by atoms with van der Waals surface area (Å²) in [7, 11) is 1.55. The van der Waals surface area contributed by atoms with Crippen LogP contribution in [-0.2, 0) is 0 Å². The molecule has 0 N–H and O–H groups in total. The third-order valence-corrected chi connectivity index (χ3v) is 1.76. The number of rotatable bonds is 3. The van der Waals surface area contributed by atoms with Crippen molar-refractivity contribution < 1.29 is 9.13 Å². The summed E-state index contributed by atoms with van der Waals surface area (Å²) in [6.07, 6.45) is 3.47. The highest BCUT2D eigenvalue weighted by molar-refractivity contribution is 6.19. The van der Waals surface area contributed by atoms with Crippen molar-refractivity contribution in [2.24, 2.45) is 0 Å². The Labute approximate surface area is 81.8 Å². The highest BCUT2D eigenvalue weighted by atomic mass is 35.5. The zero-order chi connectivity index (χ0) is 9.68. The molecule has 0 saturated heterocycles. The summed E-state index contributed by atoms with van der Waals surface area (Å²) in [5, 5.41) is 0. The molecule has 0 bridgehead atoms. The monoisotopic (exact) mass is 200 g/mol. The Kier molecular flexibility index (Phi) is 3.77. The zero-order valence-electron chi connectivity index (χ0n) is 7.26. The number of halogens is 2. The van der Waals surface area contributed by atoms with Crippen LogP contribution in [0.25, 0.3) is 6.08 Å². The van der Waals surface area contributed by atoms with Crippen molar-refractivity contribution in [3.8, 4) is 5.75 Å². The van der Waals surface area contributed by atoms with E-state index < -0.39 is 0 Å². The fraction of sp³-hybridized carbons (Fsp3) is 0.200. The SMILES string of the molecule is COc1ccc(F)cc1/C=C/CCl. The smallest absolute Gasteiger partial charge is 0.126 e. The van der Waals surface area contributed by atoms with Crippen molar-refractivity contribution in [1.29, 1.82) is 0 Å². The van der Waals surface area contributed by atoms with E-state index in [4.69, 9.17) is 16.3 Å². The van der Waals surface area contributed by atoms with Gasteiger partial charge < -0.3 is 4.74 Å². The Hall–Kier alpha value is -1.02. The summed E-state index contributed by atoms with van der Waals surface area (Å²) < 4.78 is 17.8. The maximum absolute atomic E-state index is 12.8. The van der Waals surface area contributed by atoms with Gasteiger partial charge in [-0.05, 0) is 18.2 Å². The first kappa shape index (κ1) is 10.1. The molecular formula is C10H10ClFO. The molecule has 13 heavy (non-hydrogen) atoms. The molecule has 1 aromatic rings. The number of ether oxygens (including phenoxy) is 1. The van der Waals surface area contributed by atoms with Gasteiger partial charge in [-0.1, -0.05) is 12.2 Å². The summed E-state index contributed by atoms with van der Waals surface area (Å²) in [4.78, 5) is 0. The number of allylic oxidation sites excluding steroid dienone is 1. The lowest BCUT2D eigenvalue weighted by Crippen LogP contribution is -1.87. The van der Waals surface area contributed by atoms with Gasteiger partial charge in [-0.3, -0.25) is 0 Å². The van der Waals surface area contributed by atoms with Gasteiger partial charge in [0.05, 0.1) is 7.11 Å². The molecule has 1 nitrogen and oxygen atoms in total. The number of hydrogen-bond acceptors (Lipinski definition) is 1. The van der Waals surface area contributed by atoms with Crippen LogP contribution in [0.5, 0.6) is 5.75 Å². The average molecular weight is 201 g/mol. The Morgan fingerprint density at radius 3 is 2.92 bits per heavy atom. The van der Waals surface area contributed by atoms with E-state index in [1.807, 2.05) is 0 Å². The van der Waals surface area contributed by atoms with Crippen molar-refractivity contribution in [2.45, 2.75) is 0 Å². The second-order valence-electron chi connectivity index (χ2n) is 2.44. The van der Waals surface area contributed by atoms with Crippen molar-refractivity contribution in [3.63, 3.8) is 0 Å². The van der Waals surface area contributed by atoms with Crippen molar-refractivity contribution in [3.05, 3.63) is 35.7 Å². The summed E-state index contributed by atoms with van der Waals surface area (Å²) in [6.45, 7) is 0. The molecule has 0 heterocycles. The fourth-order valence-corrected chi connectivity index (χ4v) is 1.10. The van der Waals surface area contributed by atoms with Gasteiger partial charge in [0.15, 0.2) is 0 Å². The molecule has 0 aliphatic heterocycles. The molecular weight excluding hydrogens is 191 g/mol. The van der Waals surface area contributed by atoms with Gasteiger partial charge in [-0.25, -0.2) is 4.39 Å². The standard InChI is InChI=1S/C10H10ClFO/c1-13-10-5-4-9(12)7-8(10)3-2-6-11/h2-5,7H,6H2,1H3/b3-2+. The predicted molar refractivity (Wildman–Crippen MR) is 52.7 cm³/mol. The lowest BCUT2D eigenvalue weighted by molar-refractivity contribution is 0.412. The highest BCUT2D eigenvalue weighted by Gasteiger charge is 1.99. The second kappa shape index (κ2) is 4.87. The maximum Gasteiger partial charge on any atom is 0.126 e.